The Bertz CT molecular complexity index is 525. The molecule has 3 rings (SSSR count). The van der Waals surface area contributed by atoms with Crippen molar-refractivity contribution in [3.8, 4) is 0 Å². The Hall–Kier alpha value is -1.68. The molecular weight excluding hydrogens is 238 g/mol. The Balaban J connectivity index is 1.97. The maximum absolute atomic E-state index is 12.6. The van der Waals surface area contributed by atoms with Gasteiger partial charge < -0.3 is 4.90 Å². The molecule has 2 aliphatic heterocycles. The minimum atomic E-state index is -0.441. The van der Waals surface area contributed by atoms with Crippen LogP contribution in [0.5, 0.6) is 0 Å². The largest absolute Gasteiger partial charge is 0.305 e. The normalized spacial score (nSPS) is 27.4. The molecule has 0 aromatic heterocycles. The van der Waals surface area contributed by atoms with Gasteiger partial charge in [-0.3, -0.25) is 4.79 Å². The summed E-state index contributed by atoms with van der Waals surface area (Å²) in [5, 5.41) is 5.99. The molecule has 4 heteroatoms. The average molecular weight is 257 g/mol. The van der Waals surface area contributed by atoms with E-state index < -0.39 is 5.41 Å². The van der Waals surface area contributed by atoms with E-state index in [4.69, 9.17) is 0 Å². The predicted molar refractivity (Wildman–Crippen MR) is 74.9 cm³/mol. The molecule has 100 valence electrons. The van der Waals surface area contributed by atoms with Crippen molar-refractivity contribution in [2.24, 2.45) is 10.5 Å². The number of carbonyl (C=O) groups excluding carboxylic acids is 1. The van der Waals surface area contributed by atoms with Crippen molar-refractivity contribution >= 4 is 11.6 Å². The zero-order chi connectivity index (χ0) is 13.5. The molecule has 4 nitrogen and oxygen atoms in total. The summed E-state index contributed by atoms with van der Waals surface area (Å²) in [6.07, 6.45) is 1.64. The number of hydrogen-bond acceptors (Lipinski definition) is 3. The topological polar surface area (TPSA) is 35.9 Å². The van der Waals surface area contributed by atoms with Crippen LogP contribution >= 0.6 is 0 Å². The van der Waals surface area contributed by atoms with E-state index in [1.54, 1.807) is 7.05 Å². The highest BCUT2D eigenvalue weighted by atomic mass is 16.2. The summed E-state index contributed by atoms with van der Waals surface area (Å²) in [5.41, 5.74) is 1.82. The smallest absolute Gasteiger partial charge is 0.256 e. The Morgan fingerprint density at radius 2 is 2.00 bits per heavy atom. The second-order valence-electron chi connectivity index (χ2n) is 5.61. The number of piperidine rings is 1. The monoisotopic (exact) mass is 257 g/mol. The third-order valence-corrected chi connectivity index (χ3v) is 4.15. The molecule has 1 saturated heterocycles. The molecule has 1 amide bonds. The second kappa shape index (κ2) is 4.46. The molecule has 1 aromatic carbocycles. The van der Waals surface area contributed by atoms with Crippen molar-refractivity contribution < 1.29 is 4.79 Å². The number of carbonyl (C=O) groups is 1. The molecule has 0 spiro atoms. The zero-order valence-corrected chi connectivity index (χ0v) is 11.5. The van der Waals surface area contributed by atoms with E-state index in [0.717, 1.165) is 31.6 Å². The molecule has 1 aromatic rings. The van der Waals surface area contributed by atoms with E-state index in [0.29, 0.717) is 0 Å². The first kappa shape index (κ1) is 12.4. The highest BCUT2D eigenvalue weighted by molar-refractivity contribution is 6.13. The molecular formula is C15H19N3O. The van der Waals surface area contributed by atoms with Crippen molar-refractivity contribution in [2.45, 2.75) is 12.8 Å². The number of likely N-dealkylation sites (tertiary alicyclic amines) is 1. The van der Waals surface area contributed by atoms with Gasteiger partial charge in [-0.15, -0.1) is 0 Å². The lowest BCUT2D eigenvalue weighted by molar-refractivity contribution is -0.135. The lowest BCUT2D eigenvalue weighted by Gasteiger charge is -2.37. The van der Waals surface area contributed by atoms with Crippen LogP contribution < -0.4 is 0 Å². The van der Waals surface area contributed by atoms with Crippen LogP contribution in [0.2, 0.25) is 0 Å². The number of amides is 1. The maximum Gasteiger partial charge on any atom is 0.256 e. The minimum absolute atomic E-state index is 0.137. The first-order valence-electron chi connectivity index (χ1n) is 6.70. The summed E-state index contributed by atoms with van der Waals surface area (Å²) < 4.78 is 0. The summed E-state index contributed by atoms with van der Waals surface area (Å²) in [7, 11) is 3.84. The van der Waals surface area contributed by atoms with E-state index in [9.17, 15) is 4.79 Å². The van der Waals surface area contributed by atoms with E-state index in [1.807, 2.05) is 18.2 Å². The molecule has 2 aliphatic rings. The van der Waals surface area contributed by atoms with Gasteiger partial charge in [0.25, 0.3) is 5.91 Å². The zero-order valence-electron chi connectivity index (χ0n) is 11.5. The summed E-state index contributed by atoms with van der Waals surface area (Å²) in [6, 6.07) is 10.2. The minimum Gasteiger partial charge on any atom is -0.305 e. The molecule has 1 fully saturated rings. The van der Waals surface area contributed by atoms with E-state index in [-0.39, 0.29) is 5.91 Å². The second-order valence-corrected chi connectivity index (χ2v) is 5.61. The Labute approximate surface area is 113 Å². The summed E-state index contributed by atoms with van der Waals surface area (Å²) in [4.78, 5) is 14.8. The number of hydrogen-bond donors (Lipinski definition) is 0. The van der Waals surface area contributed by atoms with Crippen molar-refractivity contribution in [1.82, 2.24) is 9.91 Å². The van der Waals surface area contributed by atoms with Crippen molar-refractivity contribution in [1.29, 1.82) is 0 Å². The van der Waals surface area contributed by atoms with E-state index in [1.165, 1.54) is 10.6 Å². The van der Waals surface area contributed by atoms with Crippen molar-refractivity contribution in [3.63, 3.8) is 0 Å². The molecule has 0 radical (unpaired) electrons. The predicted octanol–water partition coefficient (Wildman–Crippen LogP) is 1.38. The van der Waals surface area contributed by atoms with Gasteiger partial charge in [0.1, 0.15) is 5.41 Å². The Kier molecular flexibility index (Phi) is 2.90. The number of nitrogens with zero attached hydrogens (tertiary/aromatic N) is 3. The number of hydrazone groups is 1. The summed E-state index contributed by atoms with van der Waals surface area (Å²) >= 11 is 0. The van der Waals surface area contributed by atoms with Crippen LogP contribution in [0.25, 0.3) is 0 Å². The quantitative estimate of drug-likeness (QED) is 0.802. The highest BCUT2D eigenvalue weighted by Crippen LogP contribution is 2.37. The summed E-state index contributed by atoms with van der Waals surface area (Å²) in [5.74, 6) is 0.137. The molecule has 2 heterocycles. The Morgan fingerprint density at radius 3 is 2.74 bits per heavy atom. The molecule has 0 aliphatic carbocycles. The third kappa shape index (κ3) is 1.96. The highest BCUT2D eigenvalue weighted by Gasteiger charge is 2.51. The lowest BCUT2D eigenvalue weighted by Crippen LogP contribution is -2.52. The van der Waals surface area contributed by atoms with Crippen LogP contribution in [0.1, 0.15) is 12.0 Å². The fraction of sp³-hybridized carbons (Fsp3) is 0.467. The molecule has 19 heavy (non-hydrogen) atoms. The fourth-order valence-corrected chi connectivity index (χ4v) is 3.22. The standard InChI is InChI=1S/C15H19N3O/c1-17-9-8-13-15(11-17,14(19)18(2)16-13)10-12-6-4-3-5-7-12/h3-7H,8-11H2,1-2H3/t15-/m1/s1. The van der Waals surface area contributed by atoms with Gasteiger partial charge in [-0.25, -0.2) is 5.01 Å². The fourth-order valence-electron chi connectivity index (χ4n) is 3.22. The van der Waals surface area contributed by atoms with Crippen LogP contribution in [-0.2, 0) is 11.2 Å². The van der Waals surface area contributed by atoms with Gasteiger partial charge in [-0.2, -0.15) is 5.10 Å². The van der Waals surface area contributed by atoms with Gasteiger partial charge in [0, 0.05) is 26.6 Å². The molecule has 1 atom stereocenters. The van der Waals surface area contributed by atoms with Gasteiger partial charge in [-0.1, -0.05) is 30.3 Å². The van der Waals surface area contributed by atoms with Crippen LogP contribution in [0, 0.1) is 5.41 Å². The lowest BCUT2D eigenvalue weighted by atomic mass is 9.73. The van der Waals surface area contributed by atoms with Gasteiger partial charge in [-0.05, 0) is 19.0 Å². The van der Waals surface area contributed by atoms with E-state index >= 15 is 0 Å². The molecule has 0 saturated carbocycles. The third-order valence-electron chi connectivity index (χ3n) is 4.15. The molecule has 0 bridgehead atoms. The van der Waals surface area contributed by atoms with Crippen molar-refractivity contribution in [3.05, 3.63) is 35.9 Å². The first-order chi connectivity index (χ1) is 9.12. The van der Waals surface area contributed by atoms with Gasteiger partial charge in [0.2, 0.25) is 0 Å². The average Bonchev–Trinajstić information content (AvgIpc) is 2.64. The summed E-state index contributed by atoms with van der Waals surface area (Å²) in [6.45, 7) is 1.75. The van der Waals surface area contributed by atoms with Crippen molar-refractivity contribution in [2.75, 3.05) is 27.2 Å². The number of benzene rings is 1. The Morgan fingerprint density at radius 1 is 1.26 bits per heavy atom. The molecule has 0 unspecified atom stereocenters. The van der Waals surface area contributed by atoms with Crippen LogP contribution in [-0.4, -0.2) is 48.7 Å². The van der Waals surface area contributed by atoms with Gasteiger partial charge in [0.05, 0.1) is 5.71 Å². The van der Waals surface area contributed by atoms with Crippen LogP contribution in [0.3, 0.4) is 0 Å². The SMILES string of the molecule is CN1CCC2=NN(C)C(=O)[C@]2(Cc2ccccc2)C1. The van der Waals surface area contributed by atoms with Gasteiger partial charge in [0.15, 0.2) is 0 Å². The first-order valence-corrected chi connectivity index (χ1v) is 6.70. The maximum atomic E-state index is 12.6. The number of fused-ring (bicyclic) bond motifs is 1. The molecule has 0 N–H and O–H groups in total. The van der Waals surface area contributed by atoms with Crippen LogP contribution in [0.15, 0.2) is 35.4 Å². The van der Waals surface area contributed by atoms with E-state index in [2.05, 4.69) is 29.2 Å². The number of rotatable bonds is 2. The van der Waals surface area contributed by atoms with Gasteiger partial charge >= 0.3 is 0 Å². The van der Waals surface area contributed by atoms with Crippen LogP contribution in [0.4, 0.5) is 0 Å².